The number of aliphatic imine (C=N–C) groups is 1. The van der Waals surface area contributed by atoms with Gasteiger partial charge < -0.3 is 35.8 Å². The van der Waals surface area contributed by atoms with Crippen molar-refractivity contribution < 1.29 is 38.6 Å². The van der Waals surface area contributed by atoms with Gasteiger partial charge >= 0.3 is 7.82 Å². The summed E-state index contributed by atoms with van der Waals surface area (Å²) in [5.74, 6) is -0.00950. The second-order valence-electron chi connectivity index (χ2n) is 10.2. The number of phosphoric ester groups is 1. The second-order valence-corrected chi connectivity index (χ2v) is 11.4. The number of amidine groups is 1. The molecule has 3 bridgehead atoms. The number of nitrogens with two attached hydrogens (primary N) is 1. The molecule has 3 fully saturated rings. The van der Waals surface area contributed by atoms with E-state index in [-0.39, 0.29) is 11.8 Å². The highest BCUT2D eigenvalue weighted by atomic mass is 31.2. The standard InChI is InChI=1S/C22H36N3O8P/c23-16-8-7-14-11-21(19-18(27)17(26)15(33-19)13-32-34(29,30)31)9-5-3-1-2-4-6-10-22(12-14,24-16)20(28)25-21/h7-8,14-15,17-19,26-27H,1-6,9-13H2,(H2,23,24)(H,25,28)(H2,29,30,31). The third-order valence-electron chi connectivity index (χ3n) is 7.67. The molecule has 0 aromatic carbocycles. The topological polar surface area (TPSA) is 184 Å². The van der Waals surface area contributed by atoms with Crippen molar-refractivity contribution in [3.63, 3.8) is 0 Å². The van der Waals surface area contributed by atoms with Crippen LogP contribution in [0.5, 0.6) is 0 Å². The molecule has 12 heteroatoms. The van der Waals surface area contributed by atoms with Gasteiger partial charge in [-0.25, -0.2) is 4.57 Å². The van der Waals surface area contributed by atoms with Crippen LogP contribution in [0.1, 0.15) is 64.2 Å². The third-order valence-corrected chi connectivity index (χ3v) is 8.16. The number of hydrogen-bond donors (Lipinski definition) is 6. The van der Waals surface area contributed by atoms with E-state index in [1.807, 2.05) is 6.08 Å². The SMILES string of the molecule is NC1=NC23CCCCCCCCC(C4OC(COP(=O)(O)O)C(O)C4O)(CC(C=C1)C2)NC3=O. The first-order valence-corrected chi connectivity index (χ1v) is 13.6. The van der Waals surface area contributed by atoms with Gasteiger partial charge in [-0.15, -0.1) is 0 Å². The van der Waals surface area contributed by atoms with Gasteiger partial charge in [0.2, 0.25) is 5.91 Å². The molecule has 0 aromatic heterocycles. The van der Waals surface area contributed by atoms with Crippen molar-refractivity contribution >= 4 is 19.6 Å². The molecule has 3 saturated heterocycles. The smallest absolute Gasteiger partial charge is 0.388 e. The van der Waals surface area contributed by atoms with Gasteiger partial charge in [-0.1, -0.05) is 44.6 Å². The van der Waals surface area contributed by atoms with E-state index in [1.54, 1.807) is 6.08 Å². The summed E-state index contributed by atoms with van der Waals surface area (Å²) in [6, 6.07) is 0. The van der Waals surface area contributed by atoms with E-state index in [0.717, 1.165) is 38.5 Å². The quantitative estimate of drug-likeness (QED) is 0.301. The number of carbonyl (C=O) groups excluding carboxylic acids is 1. The van der Waals surface area contributed by atoms with E-state index in [1.165, 1.54) is 0 Å². The van der Waals surface area contributed by atoms with Gasteiger partial charge in [-0.2, -0.15) is 0 Å². The fourth-order valence-corrected chi connectivity index (χ4v) is 6.40. The van der Waals surface area contributed by atoms with E-state index >= 15 is 0 Å². The van der Waals surface area contributed by atoms with Crippen molar-refractivity contribution in [2.75, 3.05) is 6.61 Å². The monoisotopic (exact) mass is 501 g/mol. The molecule has 11 nitrogen and oxygen atoms in total. The lowest BCUT2D eigenvalue weighted by molar-refractivity contribution is -0.132. The highest BCUT2D eigenvalue weighted by molar-refractivity contribution is 7.46. The van der Waals surface area contributed by atoms with Gasteiger partial charge in [0.1, 0.15) is 35.8 Å². The molecule has 4 aliphatic rings. The predicted molar refractivity (Wildman–Crippen MR) is 123 cm³/mol. The van der Waals surface area contributed by atoms with Crippen molar-refractivity contribution in [3.05, 3.63) is 12.2 Å². The zero-order chi connectivity index (χ0) is 24.6. The summed E-state index contributed by atoms with van der Waals surface area (Å²) in [6.45, 7) is -0.586. The number of carbonyl (C=O) groups is 1. The van der Waals surface area contributed by atoms with Crippen LogP contribution in [-0.4, -0.2) is 73.8 Å². The zero-order valence-electron chi connectivity index (χ0n) is 19.2. The number of nitrogens with one attached hydrogen (secondary N) is 1. The number of aliphatic hydroxyl groups is 2. The van der Waals surface area contributed by atoms with Gasteiger partial charge in [0.25, 0.3) is 0 Å². The molecule has 4 rings (SSSR count). The Kier molecular flexibility index (Phi) is 7.55. The normalized spacial score (nSPS) is 41.6. The summed E-state index contributed by atoms with van der Waals surface area (Å²) in [5, 5.41) is 24.8. The molecule has 34 heavy (non-hydrogen) atoms. The van der Waals surface area contributed by atoms with Crippen LogP contribution in [0.3, 0.4) is 0 Å². The Balaban J connectivity index is 1.68. The number of aliphatic hydroxyl groups excluding tert-OH is 2. The largest absolute Gasteiger partial charge is 0.469 e. The maximum Gasteiger partial charge on any atom is 0.469 e. The van der Waals surface area contributed by atoms with E-state index < -0.39 is 49.9 Å². The van der Waals surface area contributed by atoms with E-state index in [9.17, 15) is 19.6 Å². The summed E-state index contributed by atoms with van der Waals surface area (Å²) in [7, 11) is -4.79. The minimum atomic E-state index is -4.79. The van der Waals surface area contributed by atoms with Gasteiger partial charge in [0, 0.05) is 0 Å². The van der Waals surface area contributed by atoms with Crippen molar-refractivity contribution in [2.24, 2.45) is 16.6 Å². The van der Waals surface area contributed by atoms with Crippen molar-refractivity contribution in [1.29, 1.82) is 0 Å². The van der Waals surface area contributed by atoms with Gasteiger partial charge in [-0.3, -0.25) is 14.3 Å². The Labute approximate surface area is 199 Å². The van der Waals surface area contributed by atoms with Crippen LogP contribution in [-0.2, 0) is 18.6 Å². The lowest BCUT2D eigenvalue weighted by Gasteiger charge is -2.42. The van der Waals surface area contributed by atoms with Gasteiger partial charge in [0.05, 0.1) is 12.1 Å². The van der Waals surface area contributed by atoms with Crippen molar-refractivity contribution in [1.82, 2.24) is 5.32 Å². The number of amides is 1. The zero-order valence-corrected chi connectivity index (χ0v) is 20.1. The first-order chi connectivity index (χ1) is 16.0. The molecule has 192 valence electrons. The number of rotatable bonds is 4. The average molecular weight is 502 g/mol. The minimum absolute atomic E-state index is 0.0668. The van der Waals surface area contributed by atoms with Crippen LogP contribution in [0.15, 0.2) is 17.1 Å². The first-order valence-electron chi connectivity index (χ1n) is 12.1. The second kappa shape index (κ2) is 9.97. The third kappa shape index (κ3) is 5.41. The lowest BCUT2D eigenvalue weighted by atomic mass is 9.76. The molecule has 0 saturated carbocycles. The molecule has 7 unspecified atom stereocenters. The number of ether oxygens (including phenoxy) is 1. The summed E-state index contributed by atoms with van der Waals surface area (Å²) < 4.78 is 21.7. The predicted octanol–water partition coefficient (Wildman–Crippen LogP) is 0.650. The number of allylic oxidation sites excluding steroid dienone is 1. The fourth-order valence-electron chi connectivity index (χ4n) is 6.06. The number of fused-ring (bicyclic) bond motifs is 3. The average Bonchev–Trinajstić information content (AvgIpc) is 2.88. The molecular formula is C22H36N3O8P. The Hall–Kier alpha value is -1.33. The molecule has 0 aliphatic carbocycles. The molecule has 4 aliphatic heterocycles. The molecule has 0 radical (unpaired) electrons. The lowest BCUT2D eigenvalue weighted by Crippen LogP contribution is -2.62. The van der Waals surface area contributed by atoms with Crippen LogP contribution < -0.4 is 11.1 Å². The molecule has 7 N–H and O–H groups in total. The van der Waals surface area contributed by atoms with E-state index in [4.69, 9.17) is 20.3 Å². The Morgan fingerprint density at radius 2 is 1.79 bits per heavy atom. The highest BCUT2D eigenvalue weighted by Gasteiger charge is 2.58. The minimum Gasteiger partial charge on any atom is -0.388 e. The van der Waals surface area contributed by atoms with Crippen molar-refractivity contribution in [2.45, 2.75) is 99.7 Å². The number of phosphoric acid groups is 1. The van der Waals surface area contributed by atoms with Crippen LogP contribution in [0.25, 0.3) is 0 Å². The molecular weight excluding hydrogens is 465 g/mol. The summed E-state index contributed by atoms with van der Waals surface area (Å²) in [4.78, 5) is 36.6. The molecule has 4 heterocycles. The number of nitrogens with zero attached hydrogens (tertiary/aromatic N) is 1. The van der Waals surface area contributed by atoms with Gasteiger partial charge in [0.15, 0.2) is 0 Å². The van der Waals surface area contributed by atoms with Crippen LogP contribution >= 0.6 is 7.82 Å². The maximum atomic E-state index is 13.8. The molecule has 0 aromatic rings. The van der Waals surface area contributed by atoms with Crippen LogP contribution in [0, 0.1) is 5.92 Å². The summed E-state index contributed by atoms with van der Waals surface area (Å²) in [6.07, 6.45) is 6.58. The maximum absolute atomic E-state index is 13.8. The van der Waals surface area contributed by atoms with E-state index in [0.29, 0.717) is 31.5 Å². The Morgan fingerprint density at radius 1 is 1.12 bits per heavy atom. The van der Waals surface area contributed by atoms with Gasteiger partial charge in [-0.05, 0) is 37.7 Å². The fraction of sp³-hybridized carbons (Fsp3) is 0.818. The van der Waals surface area contributed by atoms with E-state index in [2.05, 4.69) is 14.8 Å². The summed E-state index contributed by atoms with van der Waals surface area (Å²) in [5.41, 5.74) is 4.08. The first kappa shape index (κ1) is 25.8. The molecule has 7 atom stereocenters. The molecule has 1 spiro atoms. The number of hydrogen-bond acceptors (Lipinski definition) is 8. The van der Waals surface area contributed by atoms with Crippen LogP contribution in [0.4, 0.5) is 0 Å². The highest BCUT2D eigenvalue weighted by Crippen LogP contribution is 2.45. The Morgan fingerprint density at radius 3 is 2.50 bits per heavy atom. The Bertz CT molecular complexity index is 878. The van der Waals surface area contributed by atoms with Crippen molar-refractivity contribution in [3.8, 4) is 0 Å². The van der Waals surface area contributed by atoms with Crippen LogP contribution in [0.2, 0.25) is 0 Å². The molecule has 1 amide bonds. The summed E-state index contributed by atoms with van der Waals surface area (Å²) >= 11 is 0.